The van der Waals surface area contributed by atoms with Gasteiger partial charge in [0.1, 0.15) is 5.82 Å². The zero-order valence-electron chi connectivity index (χ0n) is 13.2. The summed E-state index contributed by atoms with van der Waals surface area (Å²) < 4.78 is 14.0. The molecule has 1 aliphatic heterocycles. The van der Waals surface area contributed by atoms with E-state index in [0.717, 1.165) is 25.9 Å². The highest BCUT2D eigenvalue weighted by Gasteiger charge is 2.29. The second kappa shape index (κ2) is 7.57. The Morgan fingerprint density at radius 3 is 2.81 bits per heavy atom. The van der Waals surface area contributed by atoms with Gasteiger partial charge in [-0.2, -0.15) is 0 Å². The molecule has 1 aliphatic rings. The molecule has 1 saturated heterocycles. The van der Waals surface area contributed by atoms with Crippen molar-refractivity contribution in [1.82, 2.24) is 10.2 Å². The van der Waals surface area contributed by atoms with Crippen molar-refractivity contribution < 1.29 is 4.39 Å². The fraction of sp³-hybridized carbons (Fsp3) is 0.647. The van der Waals surface area contributed by atoms with Gasteiger partial charge in [-0.3, -0.25) is 4.90 Å². The second-order valence-electron chi connectivity index (χ2n) is 6.33. The molecule has 1 aromatic rings. The molecular formula is C17H26ClFN2. The maximum Gasteiger partial charge on any atom is 0.129 e. The minimum absolute atomic E-state index is 0.197. The summed E-state index contributed by atoms with van der Waals surface area (Å²) in [6.45, 7) is 9.18. The van der Waals surface area contributed by atoms with Gasteiger partial charge in [-0.05, 0) is 24.5 Å². The highest BCUT2D eigenvalue weighted by molar-refractivity contribution is 6.31. The zero-order valence-corrected chi connectivity index (χ0v) is 14.0. The number of benzene rings is 1. The van der Waals surface area contributed by atoms with E-state index in [9.17, 15) is 4.39 Å². The molecule has 21 heavy (non-hydrogen) atoms. The van der Waals surface area contributed by atoms with E-state index < -0.39 is 0 Å². The highest BCUT2D eigenvalue weighted by Crippen LogP contribution is 2.24. The highest BCUT2D eigenvalue weighted by atomic mass is 35.5. The predicted octanol–water partition coefficient (Wildman–Crippen LogP) is 4.08. The van der Waals surface area contributed by atoms with Crippen molar-refractivity contribution in [2.45, 2.75) is 52.2 Å². The molecule has 1 aromatic carbocycles. The van der Waals surface area contributed by atoms with Crippen molar-refractivity contribution in [3.05, 3.63) is 34.6 Å². The summed E-state index contributed by atoms with van der Waals surface area (Å²) >= 11 is 6.19. The monoisotopic (exact) mass is 312 g/mol. The van der Waals surface area contributed by atoms with Gasteiger partial charge in [0, 0.05) is 42.3 Å². The van der Waals surface area contributed by atoms with Gasteiger partial charge in [0.15, 0.2) is 0 Å². The summed E-state index contributed by atoms with van der Waals surface area (Å²) in [5.41, 5.74) is 0.629. The normalized spacial score (nSPS) is 23.7. The molecule has 0 radical (unpaired) electrons. The van der Waals surface area contributed by atoms with Crippen LogP contribution in [-0.2, 0) is 6.54 Å². The van der Waals surface area contributed by atoms with E-state index in [4.69, 9.17) is 11.6 Å². The standard InChI is InChI=1S/C17H26ClFN2/c1-4-6-13-9-20-17(12(2)3)11-21(13)10-14-15(18)7-5-8-16(14)19/h5,7-8,12-13,17,20H,4,6,9-11H2,1-3H3. The maximum atomic E-state index is 14.0. The second-order valence-corrected chi connectivity index (χ2v) is 6.74. The Hall–Kier alpha value is -0.640. The van der Waals surface area contributed by atoms with Crippen LogP contribution < -0.4 is 5.32 Å². The summed E-state index contributed by atoms with van der Waals surface area (Å²) in [6.07, 6.45) is 2.27. The van der Waals surface area contributed by atoms with Crippen LogP contribution in [0.1, 0.15) is 39.2 Å². The molecule has 0 aromatic heterocycles. The van der Waals surface area contributed by atoms with Crippen LogP contribution in [0.2, 0.25) is 5.02 Å². The van der Waals surface area contributed by atoms with Gasteiger partial charge in [0.2, 0.25) is 0 Å². The number of nitrogens with one attached hydrogen (secondary N) is 1. The molecule has 0 amide bonds. The number of nitrogens with zero attached hydrogens (tertiary/aromatic N) is 1. The van der Waals surface area contributed by atoms with E-state index in [2.05, 4.69) is 31.0 Å². The zero-order chi connectivity index (χ0) is 15.4. The minimum Gasteiger partial charge on any atom is -0.311 e. The Labute approximate surface area is 132 Å². The van der Waals surface area contributed by atoms with Crippen molar-refractivity contribution in [2.75, 3.05) is 13.1 Å². The minimum atomic E-state index is -0.197. The maximum absolute atomic E-state index is 14.0. The van der Waals surface area contributed by atoms with E-state index in [-0.39, 0.29) is 5.82 Å². The first-order valence-corrected chi connectivity index (χ1v) is 8.31. The van der Waals surface area contributed by atoms with Gasteiger partial charge in [-0.25, -0.2) is 4.39 Å². The van der Waals surface area contributed by atoms with Gasteiger partial charge < -0.3 is 5.32 Å². The van der Waals surface area contributed by atoms with Crippen molar-refractivity contribution in [3.8, 4) is 0 Å². The third-order valence-electron chi connectivity index (χ3n) is 4.41. The Kier molecular flexibility index (Phi) is 6.03. The van der Waals surface area contributed by atoms with Crippen LogP contribution in [0.3, 0.4) is 0 Å². The molecule has 0 saturated carbocycles. The largest absolute Gasteiger partial charge is 0.311 e. The van der Waals surface area contributed by atoms with Gasteiger partial charge in [0.25, 0.3) is 0 Å². The molecule has 1 N–H and O–H groups in total. The molecule has 2 rings (SSSR count). The van der Waals surface area contributed by atoms with Crippen LogP contribution in [-0.4, -0.2) is 30.1 Å². The first-order chi connectivity index (χ1) is 10.0. The third kappa shape index (κ3) is 4.18. The number of halogens is 2. The number of rotatable bonds is 5. The Morgan fingerprint density at radius 1 is 1.43 bits per heavy atom. The molecule has 0 aliphatic carbocycles. The number of piperazine rings is 1. The molecule has 0 bridgehead atoms. The smallest absolute Gasteiger partial charge is 0.129 e. The lowest BCUT2D eigenvalue weighted by Gasteiger charge is -2.42. The van der Waals surface area contributed by atoms with Gasteiger partial charge >= 0.3 is 0 Å². The Bertz CT molecular complexity index is 444. The SMILES string of the molecule is CCCC1CNC(C(C)C)CN1Cc1c(F)cccc1Cl. The van der Waals surface area contributed by atoms with Gasteiger partial charge in [0.05, 0.1) is 0 Å². The summed E-state index contributed by atoms with van der Waals surface area (Å²) in [4.78, 5) is 2.40. The summed E-state index contributed by atoms with van der Waals surface area (Å²) in [5, 5.41) is 4.16. The first kappa shape index (κ1) is 16.7. The number of hydrogen-bond donors (Lipinski definition) is 1. The van der Waals surface area contributed by atoms with Crippen molar-refractivity contribution in [3.63, 3.8) is 0 Å². The lowest BCUT2D eigenvalue weighted by Crippen LogP contribution is -2.57. The molecule has 1 heterocycles. The van der Waals surface area contributed by atoms with E-state index >= 15 is 0 Å². The van der Waals surface area contributed by atoms with E-state index in [0.29, 0.717) is 35.1 Å². The Balaban J connectivity index is 2.16. The fourth-order valence-electron chi connectivity index (χ4n) is 3.03. The predicted molar refractivity (Wildman–Crippen MR) is 87.1 cm³/mol. The lowest BCUT2D eigenvalue weighted by atomic mass is 9.97. The van der Waals surface area contributed by atoms with E-state index in [1.165, 1.54) is 6.07 Å². The van der Waals surface area contributed by atoms with Crippen LogP contribution >= 0.6 is 11.6 Å². The van der Waals surface area contributed by atoms with Crippen LogP contribution in [0.15, 0.2) is 18.2 Å². The average molecular weight is 313 g/mol. The van der Waals surface area contributed by atoms with Crippen LogP contribution in [0, 0.1) is 11.7 Å². The summed E-state index contributed by atoms with van der Waals surface area (Å²) in [6, 6.07) is 5.86. The average Bonchev–Trinajstić information content (AvgIpc) is 2.44. The Morgan fingerprint density at radius 2 is 2.19 bits per heavy atom. The van der Waals surface area contributed by atoms with Gasteiger partial charge in [-0.15, -0.1) is 0 Å². The van der Waals surface area contributed by atoms with Crippen LogP contribution in [0.5, 0.6) is 0 Å². The molecule has 2 nitrogen and oxygen atoms in total. The molecule has 2 unspecified atom stereocenters. The topological polar surface area (TPSA) is 15.3 Å². The van der Waals surface area contributed by atoms with E-state index in [1.807, 2.05) is 0 Å². The quantitative estimate of drug-likeness (QED) is 0.881. The van der Waals surface area contributed by atoms with Crippen LogP contribution in [0.25, 0.3) is 0 Å². The summed E-state index contributed by atoms with van der Waals surface area (Å²) in [5.74, 6) is 0.378. The van der Waals surface area contributed by atoms with E-state index in [1.54, 1.807) is 12.1 Å². The molecule has 2 atom stereocenters. The first-order valence-electron chi connectivity index (χ1n) is 7.93. The fourth-order valence-corrected chi connectivity index (χ4v) is 3.25. The molecule has 118 valence electrons. The summed E-state index contributed by atoms with van der Waals surface area (Å²) in [7, 11) is 0. The molecule has 1 fully saturated rings. The van der Waals surface area contributed by atoms with Crippen molar-refractivity contribution >= 4 is 11.6 Å². The number of hydrogen-bond acceptors (Lipinski definition) is 2. The molecular weight excluding hydrogens is 287 g/mol. The van der Waals surface area contributed by atoms with Crippen LogP contribution in [0.4, 0.5) is 4.39 Å². The van der Waals surface area contributed by atoms with Gasteiger partial charge in [-0.1, -0.05) is 44.9 Å². The van der Waals surface area contributed by atoms with Crippen molar-refractivity contribution in [2.24, 2.45) is 5.92 Å². The van der Waals surface area contributed by atoms with Crippen molar-refractivity contribution in [1.29, 1.82) is 0 Å². The molecule has 0 spiro atoms. The lowest BCUT2D eigenvalue weighted by molar-refractivity contribution is 0.0986. The molecule has 4 heteroatoms. The third-order valence-corrected chi connectivity index (χ3v) is 4.77.